The second kappa shape index (κ2) is 4.08. The summed E-state index contributed by atoms with van der Waals surface area (Å²) in [5.74, 6) is -0.124. The van der Waals surface area contributed by atoms with Crippen molar-refractivity contribution in [1.82, 2.24) is 5.32 Å². The first-order valence-electron chi connectivity index (χ1n) is 4.44. The lowest BCUT2D eigenvalue weighted by Crippen LogP contribution is -2.50. The summed E-state index contributed by atoms with van der Waals surface area (Å²) in [6.45, 7) is 1.20. The molecule has 14 heavy (non-hydrogen) atoms. The number of nitrogens with two attached hydrogens (primary N) is 1. The van der Waals surface area contributed by atoms with Gasteiger partial charge in [-0.2, -0.15) is 0 Å². The van der Waals surface area contributed by atoms with E-state index >= 15 is 0 Å². The van der Waals surface area contributed by atoms with Crippen LogP contribution < -0.4 is 11.1 Å². The molecular formula is C9H12N2O2S. The molecule has 3 N–H and O–H groups in total. The number of hydrogen-bond acceptors (Lipinski definition) is 4. The van der Waals surface area contributed by atoms with Gasteiger partial charge in [-0.05, 0) is 11.4 Å². The van der Waals surface area contributed by atoms with E-state index in [0.717, 1.165) is 4.88 Å². The van der Waals surface area contributed by atoms with Crippen LogP contribution in [-0.2, 0) is 9.53 Å². The molecule has 2 rings (SSSR count). The number of rotatable bonds is 3. The number of thiophene rings is 1. The van der Waals surface area contributed by atoms with Crippen molar-refractivity contribution >= 4 is 17.2 Å². The summed E-state index contributed by atoms with van der Waals surface area (Å²) in [6.07, 6.45) is 0. The number of ether oxygens (including phenoxy) is 1. The molecule has 5 heteroatoms. The fourth-order valence-corrected chi connectivity index (χ4v) is 1.93. The van der Waals surface area contributed by atoms with Crippen molar-refractivity contribution in [2.24, 2.45) is 5.73 Å². The molecule has 1 atom stereocenters. The van der Waals surface area contributed by atoms with Gasteiger partial charge in [0.1, 0.15) is 6.04 Å². The van der Waals surface area contributed by atoms with Crippen molar-refractivity contribution in [3.63, 3.8) is 0 Å². The molecule has 1 aromatic rings. The van der Waals surface area contributed by atoms with Gasteiger partial charge in [0.2, 0.25) is 5.91 Å². The molecule has 1 amide bonds. The Kier molecular flexibility index (Phi) is 2.81. The van der Waals surface area contributed by atoms with Crippen molar-refractivity contribution in [2.45, 2.75) is 12.1 Å². The van der Waals surface area contributed by atoms with E-state index in [4.69, 9.17) is 10.5 Å². The second-order valence-corrected chi connectivity index (χ2v) is 4.22. The van der Waals surface area contributed by atoms with Crippen LogP contribution in [0.1, 0.15) is 10.9 Å². The average Bonchev–Trinajstić information content (AvgIpc) is 2.62. The van der Waals surface area contributed by atoms with E-state index in [2.05, 4.69) is 5.32 Å². The maximum atomic E-state index is 11.6. The summed E-state index contributed by atoms with van der Waals surface area (Å²) in [4.78, 5) is 12.5. The highest BCUT2D eigenvalue weighted by atomic mass is 32.1. The Morgan fingerprint density at radius 3 is 3.00 bits per heavy atom. The third-order valence-electron chi connectivity index (χ3n) is 2.12. The molecule has 0 saturated carbocycles. The monoisotopic (exact) mass is 212 g/mol. The Labute approximate surface area is 86.1 Å². The van der Waals surface area contributed by atoms with Gasteiger partial charge < -0.3 is 15.8 Å². The molecule has 1 saturated heterocycles. The van der Waals surface area contributed by atoms with Crippen LogP contribution in [0.25, 0.3) is 0 Å². The fourth-order valence-electron chi connectivity index (χ4n) is 1.21. The smallest absolute Gasteiger partial charge is 0.242 e. The molecule has 76 valence electrons. The summed E-state index contributed by atoms with van der Waals surface area (Å²) in [6, 6.07) is 3.36. The zero-order valence-electron chi connectivity index (χ0n) is 7.60. The van der Waals surface area contributed by atoms with Crippen molar-refractivity contribution < 1.29 is 9.53 Å². The van der Waals surface area contributed by atoms with Gasteiger partial charge in [-0.15, -0.1) is 11.3 Å². The van der Waals surface area contributed by atoms with E-state index in [0.29, 0.717) is 13.2 Å². The topological polar surface area (TPSA) is 64.4 Å². The lowest BCUT2D eigenvalue weighted by atomic mass is 10.2. The normalized spacial score (nSPS) is 18.6. The van der Waals surface area contributed by atoms with Crippen molar-refractivity contribution in [1.29, 1.82) is 0 Å². The number of carbonyl (C=O) groups excluding carboxylic acids is 1. The highest BCUT2D eigenvalue weighted by Gasteiger charge is 2.24. The van der Waals surface area contributed by atoms with Crippen LogP contribution in [0.4, 0.5) is 0 Å². The molecule has 1 aliphatic rings. The summed E-state index contributed by atoms with van der Waals surface area (Å²) >= 11 is 1.49. The van der Waals surface area contributed by atoms with Gasteiger partial charge >= 0.3 is 0 Å². The van der Waals surface area contributed by atoms with Gasteiger partial charge in [-0.3, -0.25) is 4.79 Å². The van der Waals surface area contributed by atoms with E-state index in [9.17, 15) is 4.79 Å². The van der Waals surface area contributed by atoms with Crippen LogP contribution >= 0.6 is 11.3 Å². The molecule has 1 aliphatic heterocycles. The van der Waals surface area contributed by atoms with Crippen LogP contribution in [0.5, 0.6) is 0 Å². The zero-order chi connectivity index (χ0) is 9.97. The first-order chi connectivity index (χ1) is 6.77. The maximum Gasteiger partial charge on any atom is 0.242 e. The lowest BCUT2D eigenvalue weighted by Gasteiger charge is -2.27. The first-order valence-corrected chi connectivity index (χ1v) is 5.32. The quantitative estimate of drug-likeness (QED) is 0.755. The highest BCUT2D eigenvalue weighted by molar-refractivity contribution is 7.10. The zero-order valence-corrected chi connectivity index (χ0v) is 8.42. The van der Waals surface area contributed by atoms with Crippen LogP contribution in [0.2, 0.25) is 0 Å². The van der Waals surface area contributed by atoms with E-state index in [1.54, 1.807) is 0 Å². The highest BCUT2D eigenvalue weighted by Crippen LogP contribution is 2.17. The van der Waals surface area contributed by atoms with Crippen molar-refractivity contribution in [3.05, 3.63) is 22.4 Å². The van der Waals surface area contributed by atoms with Gasteiger partial charge in [0, 0.05) is 4.88 Å². The molecule has 0 aromatic carbocycles. The molecule has 2 heterocycles. The predicted molar refractivity (Wildman–Crippen MR) is 54.0 cm³/mol. The van der Waals surface area contributed by atoms with E-state index in [1.165, 1.54) is 11.3 Å². The minimum absolute atomic E-state index is 0.124. The molecular weight excluding hydrogens is 200 g/mol. The van der Waals surface area contributed by atoms with Crippen LogP contribution in [0.15, 0.2) is 17.5 Å². The van der Waals surface area contributed by atoms with Gasteiger partial charge in [-0.25, -0.2) is 0 Å². The minimum atomic E-state index is -0.546. The largest absolute Gasteiger partial charge is 0.377 e. The number of amides is 1. The molecule has 0 bridgehead atoms. The Morgan fingerprint density at radius 1 is 1.71 bits per heavy atom. The van der Waals surface area contributed by atoms with Gasteiger partial charge in [0.15, 0.2) is 0 Å². The predicted octanol–water partition coefficient (Wildman–Crippen LogP) is 0.263. The van der Waals surface area contributed by atoms with Crippen molar-refractivity contribution in [3.8, 4) is 0 Å². The van der Waals surface area contributed by atoms with Gasteiger partial charge in [-0.1, -0.05) is 6.07 Å². The maximum absolute atomic E-state index is 11.6. The molecule has 0 spiro atoms. The molecule has 1 unspecified atom stereocenters. The third kappa shape index (κ3) is 1.95. The summed E-state index contributed by atoms with van der Waals surface area (Å²) in [7, 11) is 0. The third-order valence-corrected chi connectivity index (χ3v) is 3.07. The second-order valence-electron chi connectivity index (χ2n) is 3.24. The van der Waals surface area contributed by atoms with Crippen LogP contribution in [-0.4, -0.2) is 25.2 Å². The van der Waals surface area contributed by atoms with E-state index in [-0.39, 0.29) is 11.9 Å². The Morgan fingerprint density at radius 2 is 2.50 bits per heavy atom. The number of nitrogens with one attached hydrogen (secondary N) is 1. The number of hydrogen-bond donors (Lipinski definition) is 2. The molecule has 1 aromatic heterocycles. The lowest BCUT2D eigenvalue weighted by molar-refractivity contribution is -0.126. The number of carbonyl (C=O) groups is 1. The fraction of sp³-hybridized carbons (Fsp3) is 0.444. The van der Waals surface area contributed by atoms with Crippen LogP contribution in [0.3, 0.4) is 0 Å². The van der Waals surface area contributed by atoms with Gasteiger partial charge in [0.05, 0.1) is 19.3 Å². The molecule has 0 aliphatic carbocycles. The molecule has 0 radical (unpaired) electrons. The Bertz CT molecular complexity index is 309. The SMILES string of the molecule is NC(C(=O)NC1COC1)c1cccs1. The summed E-state index contributed by atoms with van der Waals surface area (Å²) < 4.78 is 4.95. The van der Waals surface area contributed by atoms with E-state index < -0.39 is 6.04 Å². The van der Waals surface area contributed by atoms with E-state index in [1.807, 2.05) is 17.5 Å². The van der Waals surface area contributed by atoms with Crippen molar-refractivity contribution in [2.75, 3.05) is 13.2 Å². The summed E-state index contributed by atoms with van der Waals surface area (Å²) in [5, 5.41) is 4.73. The van der Waals surface area contributed by atoms with Crippen LogP contribution in [0, 0.1) is 0 Å². The van der Waals surface area contributed by atoms with Gasteiger partial charge in [0.25, 0.3) is 0 Å². The minimum Gasteiger partial charge on any atom is -0.377 e. The standard InChI is InChI=1S/C9H12N2O2S/c10-8(7-2-1-3-14-7)9(12)11-6-4-13-5-6/h1-3,6,8H,4-5,10H2,(H,11,12). The summed E-state index contributed by atoms with van der Waals surface area (Å²) in [5.41, 5.74) is 5.77. The first kappa shape index (κ1) is 9.64. The average molecular weight is 212 g/mol. The Hall–Kier alpha value is -0.910. The Balaban J connectivity index is 1.90. The molecule has 4 nitrogen and oxygen atoms in total. The molecule has 1 fully saturated rings.